The Morgan fingerprint density at radius 3 is 2.02 bits per heavy atom. The van der Waals surface area contributed by atoms with Gasteiger partial charge < -0.3 is 30.1 Å². The highest BCUT2D eigenvalue weighted by Gasteiger charge is 2.40. The fourth-order valence-corrected chi connectivity index (χ4v) is 5.05. The van der Waals surface area contributed by atoms with E-state index < -0.39 is 53.2 Å². The van der Waals surface area contributed by atoms with E-state index in [0.29, 0.717) is 12.0 Å². The standard InChI is InChI=1S/C37H55N3O7/c1-11-12-16-22-40(33(43)29(24(2)3)39-35(45)47-37(8,9)10)30(27-21-17-18-25(4)31(27)41)32(42)38-28(34(44)46-36(5,6)7)23-26-19-14-13-15-20-26/h13-15,17-21,24,28-30,41H,11-12,16,22-23H2,1-10H3,(H,38,42)(H,39,45). The Hall–Kier alpha value is -4.08. The largest absolute Gasteiger partial charge is 0.507 e. The topological polar surface area (TPSA) is 134 Å². The van der Waals surface area contributed by atoms with Crippen molar-refractivity contribution in [3.05, 3.63) is 65.2 Å². The number of carbonyl (C=O) groups is 4. The molecule has 10 heteroatoms. The average molecular weight is 654 g/mol. The Morgan fingerprint density at radius 2 is 1.47 bits per heavy atom. The molecule has 0 saturated heterocycles. The molecule has 0 radical (unpaired) electrons. The van der Waals surface area contributed by atoms with Gasteiger partial charge in [-0.3, -0.25) is 9.59 Å². The number of phenolic OH excluding ortho intramolecular Hbond substituents is 1. The summed E-state index contributed by atoms with van der Waals surface area (Å²) in [4.78, 5) is 56.8. The van der Waals surface area contributed by atoms with Gasteiger partial charge >= 0.3 is 12.1 Å². The number of hydrogen-bond donors (Lipinski definition) is 3. The average Bonchev–Trinajstić information content (AvgIpc) is 2.95. The number of nitrogens with one attached hydrogen (secondary N) is 2. The van der Waals surface area contributed by atoms with E-state index in [2.05, 4.69) is 10.6 Å². The zero-order valence-electron chi connectivity index (χ0n) is 29.8. The maximum absolute atomic E-state index is 14.5. The second-order valence-corrected chi connectivity index (χ2v) is 14.3. The van der Waals surface area contributed by atoms with E-state index >= 15 is 0 Å². The third-order valence-electron chi connectivity index (χ3n) is 7.30. The molecule has 3 N–H and O–H groups in total. The molecule has 10 nitrogen and oxygen atoms in total. The number of rotatable bonds is 14. The fourth-order valence-electron chi connectivity index (χ4n) is 5.05. The van der Waals surface area contributed by atoms with Crippen LogP contribution in [0.5, 0.6) is 5.75 Å². The van der Waals surface area contributed by atoms with Crippen LogP contribution in [0, 0.1) is 12.8 Å². The normalized spacial score (nSPS) is 13.7. The smallest absolute Gasteiger partial charge is 0.408 e. The SMILES string of the molecule is CCCCCN(C(=O)C(NC(=O)OC(C)(C)C)C(C)C)C(C(=O)NC(Cc1ccccc1)C(=O)OC(C)(C)C)c1cccc(C)c1O. The number of esters is 1. The first-order valence-electron chi connectivity index (χ1n) is 16.5. The van der Waals surface area contributed by atoms with E-state index in [1.165, 1.54) is 4.90 Å². The molecule has 0 spiro atoms. The molecule has 2 aromatic carbocycles. The molecule has 3 amide bonds. The van der Waals surface area contributed by atoms with Crippen molar-refractivity contribution in [2.75, 3.05) is 6.54 Å². The maximum atomic E-state index is 14.5. The minimum atomic E-state index is -1.33. The third kappa shape index (κ3) is 12.6. The van der Waals surface area contributed by atoms with Crippen LogP contribution in [-0.2, 0) is 30.3 Å². The van der Waals surface area contributed by atoms with Gasteiger partial charge in [-0.15, -0.1) is 0 Å². The molecule has 0 aliphatic rings. The molecule has 260 valence electrons. The van der Waals surface area contributed by atoms with E-state index in [-0.39, 0.29) is 30.2 Å². The van der Waals surface area contributed by atoms with E-state index in [1.807, 2.05) is 37.3 Å². The van der Waals surface area contributed by atoms with Crippen LogP contribution in [-0.4, -0.2) is 63.7 Å². The Morgan fingerprint density at radius 1 is 0.851 bits per heavy atom. The third-order valence-corrected chi connectivity index (χ3v) is 7.30. The van der Waals surface area contributed by atoms with E-state index in [0.717, 1.165) is 18.4 Å². The summed E-state index contributed by atoms with van der Waals surface area (Å²) in [5.74, 6) is -2.32. The highest BCUT2D eigenvalue weighted by Crippen LogP contribution is 2.33. The summed E-state index contributed by atoms with van der Waals surface area (Å²) in [7, 11) is 0. The number of unbranched alkanes of at least 4 members (excludes halogenated alkanes) is 2. The Labute approximate surface area is 280 Å². The van der Waals surface area contributed by atoms with Gasteiger partial charge in [-0.25, -0.2) is 9.59 Å². The van der Waals surface area contributed by atoms with Gasteiger partial charge in [-0.05, 0) is 71.9 Å². The number of alkyl carbamates (subject to hydrolysis) is 1. The fraction of sp³-hybridized carbons (Fsp3) is 0.568. The summed E-state index contributed by atoms with van der Waals surface area (Å²) < 4.78 is 11.2. The van der Waals surface area contributed by atoms with Gasteiger partial charge in [-0.1, -0.05) is 82.1 Å². The van der Waals surface area contributed by atoms with Crippen LogP contribution in [0.3, 0.4) is 0 Å². The zero-order chi connectivity index (χ0) is 35.5. The number of benzene rings is 2. The first-order valence-corrected chi connectivity index (χ1v) is 16.5. The summed E-state index contributed by atoms with van der Waals surface area (Å²) >= 11 is 0. The molecule has 2 aromatic rings. The van der Waals surface area contributed by atoms with Crippen molar-refractivity contribution in [2.24, 2.45) is 5.92 Å². The molecular formula is C37H55N3O7. The molecule has 0 heterocycles. The summed E-state index contributed by atoms with van der Waals surface area (Å²) in [5.41, 5.74) is -0.0850. The van der Waals surface area contributed by atoms with Crippen LogP contribution in [0.25, 0.3) is 0 Å². The Balaban J connectivity index is 2.67. The summed E-state index contributed by atoms with van der Waals surface area (Å²) in [5, 5.41) is 16.9. The van der Waals surface area contributed by atoms with Crippen molar-refractivity contribution in [1.82, 2.24) is 15.5 Å². The van der Waals surface area contributed by atoms with Gasteiger partial charge in [0, 0.05) is 18.5 Å². The Bertz CT molecular complexity index is 1350. The number of nitrogens with zero attached hydrogens (tertiary/aromatic N) is 1. The second kappa shape index (κ2) is 17.2. The quantitative estimate of drug-likeness (QED) is 0.159. The van der Waals surface area contributed by atoms with Crippen molar-refractivity contribution in [1.29, 1.82) is 0 Å². The molecule has 0 aliphatic carbocycles. The zero-order valence-corrected chi connectivity index (χ0v) is 29.8. The van der Waals surface area contributed by atoms with Gasteiger partial charge in [0.25, 0.3) is 0 Å². The molecule has 47 heavy (non-hydrogen) atoms. The molecule has 3 atom stereocenters. The van der Waals surface area contributed by atoms with Gasteiger partial charge in [0.1, 0.15) is 35.1 Å². The lowest BCUT2D eigenvalue weighted by Gasteiger charge is -2.36. The Kier molecular flexibility index (Phi) is 14.3. The van der Waals surface area contributed by atoms with E-state index in [4.69, 9.17) is 9.47 Å². The van der Waals surface area contributed by atoms with Crippen molar-refractivity contribution >= 4 is 23.9 Å². The van der Waals surface area contributed by atoms with Gasteiger partial charge in [0.2, 0.25) is 11.8 Å². The van der Waals surface area contributed by atoms with Crippen LogP contribution < -0.4 is 10.6 Å². The number of aryl methyl sites for hydroxylation is 1. The number of aromatic hydroxyl groups is 1. The molecule has 0 aromatic heterocycles. The van der Waals surface area contributed by atoms with Crippen LogP contribution in [0.1, 0.15) is 104 Å². The van der Waals surface area contributed by atoms with Gasteiger partial charge in [0.15, 0.2) is 0 Å². The number of amides is 3. The predicted octanol–water partition coefficient (Wildman–Crippen LogP) is 6.38. The monoisotopic (exact) mass is 653 g/mol. The van der Waals surface area contributed by atoms with Crippen LogP contribution >= 0.6 is 0 Å². The first-order chi connectivity index (χ1) is 21.8. The number of para-hydroxylation sites is 1. The number of phenols is 1. The molecule has 0 aliphatic heterocycles. The van der Waals surface area contributed by atoms with Crippen molar-refractivity contribution in [3.63, 3.8) is 0 Å². The van der Waals surface area contributed by atoms with E-state index in [1.54, 1.807) is 80.5 Å². The second-order valence-electron chi connectivity index (χ2n) is 14.3. The highest BCUT2D eigenvalue weighted by molar-refractivity contribution is 5.94. The molecule has 0 bridgehead atoms. The number of carbonyl (C=O) groups excluding carboxylic acids is 4. The lowest BCUT2D eigenvalue weighted by molar-refractivity contribution is -0.159. The van der Waals surface area contributed by atoms with E-state index in [9.17, 15) is 24.3 Å². The lowest BCUT2D eigenvalue weighted by Crippen LogP contribution is -2.56. The number of hydrogen-bond acceptors (Lipinski definition) is 7. The van der Waals surface area contributed by atoms with Crippen LogP contribution in [0.15, 0.2) is 48.5 Å². The molecular weight excluding hydrogens is 598 g/mol. The van der Waals surface area contributed by atoms with Crippen molar-refractivity contribution in [2.45, 2.75) is 124 Å². The summed E-state index contributed by atoms with van der Waals surface area (Å²) in [6.07, 6.45) is 1.58. The number of ether oxygens (including phenoxy) is 2. The van der Waals surface area contributed by atoms with Crippen molar-refractivity contribution in [3.8, 4) is 5.75 Å². The van der Waals surface area contributed by atoms with Gasteiger partial charge in [0.05, 0.1) is 0 Å². The molecule has 2 rings (SSSR count). The first kappa shape index (κ1) is 39.1. The van der Waals surface area contributed by atoms with Crippen LogP contribution in [0.2, 0.25) is 0 Å². The predicted molar refractivity (Wildman–Crippen MR) is 183 cm³/mol. The minimum Gasteiger partial charge on any atom is -0.507 e. The summed E-state index contributed by atoms with van der Waals surface area (Å²) in [6.45, 7) is 17.9. The molecule has 0 saturated carbocycles. The summed E-state index contributed by atoms with van der Waals surface area (Å²) in [6, 6.07) is 10.8. The minimum absolute atomic E-state index is 0.140. The molecule has 0 fully saturated rings. The maximum Gasteiger partial charge on any atom is 0.408 e. The van der Waals surface area contributed by atoms with Gasteiger partial charge in [-0.2, -0.15) is 0 Å². The highest BCUT2D eigenvalue weighted by atomic mass is 16.6. The van der Waals surface area contributed by atoms with Crippen molar-refractivity contribution < 1.29 is 33.8 Å². The lowest BCUT2D eigenvalue weighted by atomic mass is 9.96. The van der Waals surface area contributed by atoms with Crippen LogP contribution in [0.4, 0.5) is 4.79 Å². The molecule has 3 unspecified atom stereocenters.